The number of benzene rings is 1. The average Bonchev–Trinajstić information content (AvgIpc) is 2.31. The predicted octanol–water partition coefficient (Wildman–Crippen LogP) is 1.39. The molecule has 0 heterocycles. The molecule has 0 bridgehead atoms. The average molecular weight is 243 g/mol. The number of halogens is 2. The molecule has 1 aromatic carbocycles. The molecule has 1 rings (SSSR count). The molecule has 3 nitrogen and oxygen atoms in total. The van der Waals surface area contributed by atoms with Gasteiger partial charge in [0.15, 0.2) is 0 Å². The highest BCUT2D eigenvalue weighted by Crippen LogP contribution is 2.12. The minimum atomic E-state index is -0.740. The van der Waals surface area contributed by atoms with E-state index < -0.39 is 23.6 Å². The molecule has 0 aromatic heterocycles. The van der Waals surface area contributed by atoms with E-state index in [1.807, 2.05) is 0 Å². The van der Waals surface area contributed by atoms with Crippen molar-refractivity contribution in [2.45, 2.75) is 25.9 Å². The Balaban J connectivity index is 2.56. The van der Waals surface area contributed by atoms with Gasteiger partial charge in [-0.1, -0.05) is 13.0 Å². The van der Waals surface area contributed by atoms with Crippen molar-refractivity contribution >= 4 is 5.91 Å². The van der Waals surface area contributed by atoms with Gasteiger partial charge in [0.05, 0.1) is 12.5 Å². The molecule has 0 aliphatic heterocycles. The Bertz CT molecular complexity index is 376. The lowest BCUT2D eigenvalue weighted by Crippen LogP contribution is -2.33. The summed E-state index contributed by atoms with van der Waals surface area (Å²) in [7, 11) is 0. The minimum absolute atomic E-state index is 0.0887. The van der Waals surface area contributed by atoms with Gasteiger partial charge in [-0.3, -0.25) is 4.79 Å². The Hall–Kier alpha value is -1.49. The molecular formula is C12H15F2NO2. The summed E-state index contributed by atoms with van der Waals surface area (Å²) in [6.45, 7) is 1.86. The molecule has 0 aliphatic rings. The SMILES string of the molecule is CCC(O)CNC(=O)Cc1c(F)cccc1F. The first-order chi connectivity index (χ1) is 8.04. The van der Waals surface area contributed by atoms with Gasteiger partial charge in [-0.25, -0.2) is 8.78 Å². The molecule has 0 saturated heterocycles. The Kier molecular flexibility index (Phi) is 5.03. The number of nitrogens with one attached hydrogen (secondary N) is 1. The second-order valence-corrected chi connectivity index (χ2v) is 3.74. The number of rotatable bonds is 5. The predicted molar refractivity (Wildman–Crippen MR) is 59.4 cm³/mol. The van der Waals surface area contributed by atoms with Crippen LogP contribution in [0.5, 0.6) is 0 Å². The number of hydrogen-bond acceptors (Lipinski definition) is 2. The van der Waals surface area contributed by atoms with Gasteiger partial charge in [-0.05, 0) is 18.6 Å². The second-order valence-electron chi connectivity index (χ2n) is 3.74. The van der Waals surface area contributed by atoms with Crippen LogP contribution in [0.25, 0.3) is 0 Å². The molecule has 94 valence electrons. The van der Waals surface area contributed by atoms with E-state index in [2.05, 4.69) is 5.32 Å². The van der Waals surface area contributed by atoms with Crippen molar-refractivity contribution in [1.82, 2.24) is 5.32 Å². The van der Waals surface area contributed by atoms with Crippen LogP contribution in [-0.4, -0.2) is 23.7 Å². The fourth-order valence-electron chi connectivity index (χ4n) is 1.30. The standard InChI is InChI=1S/C12H15F2NO2/c1-2-8(16)7-15-12(17)6-9-10(13)4-3-5-11(9)14/h3-5,8,16H,2,6-7H2,1H3,(H,15,17). The highest BCUT2D eigenvalue weighted by molar-refractivity contribution is 5.78. The van der Waals surface area contributed by atoms with E-state index in [1.54, 1.807) is 6.92 Å². The third-order valence-corrected chi connectivity index (χ3v) is 2.41. The van der Waals surface area contributed by atoms with Crippen molar-refractivity contribution in [3.8, 4) is 0 Å². The van der Waals surface area contributed by atoms with Crippen LogP contribution < -0.4 is 5.32 Å². The van der Waals surface area contributed by atoms with Gasteiger partial charge in [0, 0.05) is 12.1 Å². The second kappa shape index (κ2) is 6.30. The van der Waals surface area contributed by atoms with Gasteiger partial charge in [-0.15, -0.1) is 0 Å². The number of amides is 1. The van der Waals surface area contributed by atoms with Crippen LogP contribution in [0, 0.1) is 11.6 Å². The van der Waals surface area contributed by atoms with E-state index in [9.17, 15) is 18.7 Å². The minimum Gasteiger partial charge on any atom is -0.391 e. The molecule has 0 radical (unpaired) electrons. The van der Waals surface area contributed by atoms with Crippen LogP contribution in [0.3, 0.4) is 0 Å². The molecule has 1 amide bonds. The Morgan fingerprint density at radius 3 is 2.53 bits per heavy atom. The molecule has 0 saturated carbocycles. The molecule has 2 N–H and O–H groups in total. The van der Waals surface area contributed by atoms with Gasteiger partial charge in [0.25, 0.3) is 0 Å². The van der Waals surface area contributed by atoms with Crippen molar-refractivity contribution in [3.63, 3.8) is 0 Å². The summed E-state index contributed by atoms with van der Waals surface area (Å²) in [4.78, 5) is 11.4. The topological polar surface area (TPSA) is 49.3 Å². The van der Waals surface area contributed by atoms with Crippen LogP contribution in [0.2, 0.25) is 0 Å². The normalized spacial score (nSPS) is 12.2. The lowest BCUT2D eigenvalue weighted by Gasteiger charge is -2.10. The molecule has 17 heavy (non-hydrogen) atoms. The van der Waals surface area contributed by atoms with Crippen molar-refractivity contribution in [2.75, 3.05) is 6.54 Å². The molecule has 0 spiro atoms. The summed E-state index contributed by atoms with van der Waals surface area (Å²) in [6, 6.07) is 3.45. The van der Waals surface area contributed by atoms with Gasteiger partial charge >= 0.3 is 0 Å². The monoisotopic (exact) mass is 243 g/mol. The van der Waals surface area contributed by atoms with E-state index in [0.29, 0.717) is 6.42 Å². The van der Waals surface area contributed by atoms with Crippen LogP contribution in [0.1, 0.15) is 18.9 Å². The molecule has 0 aliphatic carbocycles. The maximum atomic E-state index is 13.2. The summed E-state index contributed by atoms with van der Waals surface area (Å²) in [5.74, 6) is -1.99. The third kappa shape index (κ3) is 4.11. The zero-order valence-electron chi connectivity index (χ0n) is 9.54. The lowest BCUT2D eigenvalue weighted by molar-refractivity contribution is -0.121. The number of hydrogen-bond donors (Lipinski definition) is 2. The van der Waals surface area contributed by atoms with Crippen molar-refractivity contribution < 1.29 is 18.7 Å². The summed E-state index contributed by atoms with van der Waals surface area (Å²) < 4.78 is 26.4. The fourth-order valence-corrected chi connectivity index (χ4v) is 1.30. The van der Waals surface area contributed by atoms with E-state index in [0.717, 1.165) is 12.1 Å². The summed E-state index contributed by atoms with van der Waals surface area (Å²) in [5.41, 5.74) is -0.254. The van der Waals surface area contributed by atoms with Crippen LogP contribution in [0.4, 0.5) is 8.78 Å². The van der Waals surface area contributed by atoms with Crippen LogP contribution >= 0.6 is 0 Å². The van der Waals surface area contributed by atoms with E-state index in [4.69, 9.17) is 0 Å². The fraction of sp³-hybridized carbons (Fsp3) is 0.417. The molecule has 0 fully saturated rings. The van der Waals surface area contributed by atoms with Crippen LogP contribution in [0.15, 0.2) is 18.2 Å². The van der Waals surface area contributed by atoms with Gasteiger partial charge in [0.1, 0.15) is 11.6 Å². The van der Waals surface area contributed by atoms with Crippen molar-refractivity contribution in [3.05, 3.63) is 35.4 Å². The summed E-state index contributed by atoms with van der Waals surface area (Å²) in [5, 5.41) is 11.6. The number of carbonyl (C=O) groups is 1. The lowest BCUT2D eigenvalue weighted by atomic mass is 10.1. The number of aliphatic hydroxyl groups is 1. The molecular weight excluding hydrogens is 228 g/mol. The number of aliphatic hydroxyl groups excluding tert-OH is 1. The van der Waals surface area contributed by atoms with Crippen LogP contribution in [-0.2, 0) is 11.2 Å². The van der Waals surface area contributed by atoms with Gasteiger partial charge < -0.3 is 10.4 Å². The Morgan fingerprint density at radius 1 is 1.41 bits per heavy atom. The summed E-state index contributed by atoms with van der Waals surface area (Å²) >= 11 is 0. The quantitative estimate of drug-likeness (QED) is 0.821. The molecule has 1 unspecified atom stereocenters. The first-order valence-electron chi connectivity index (χ1n) is 5.42. The molecule has 1 aromatic rings. The third-order valence-electron chi connectivity index (χ3n) is 2.41. The highest BCUT2D eigenvalue weighted by atomic mass is 19.1. The largest absolute Gasteiger partial charge is 0.391 e. The summed E-state index contributed by atoms with van der Waals surface area (Å²) in [6.07, 6.45) is -0.493. The number of carbonyl (C=O) groups excluding carboxylic acids is 1. The zero-order valence-corrected chi connectivity index (χ0v) is 9.54. The van der Waals surface area contributed by atoms with Gasteiger partial charge in [0.2, 0.25) is 5.91 Å². The highest BCUT2D eigenvalue weighted by Gasteiger charge is 2.13. The van der Waals surface area contributed by atoms with Crippen molar-refractivity contribution in [1.29, 1.82) is 0 Å². The van der Waals surface area contributed by atoms with E-state index in [-0.39, 0.29) is 18.5 Å². The first kappa shape index (κ1) is 13.6. The van der Waals surface area contributed by atoms with Crippen molar-refractivity contribution in [2.24, 2.45) is 0 Å². The Labute approximate surface area is 98.5 Å². The molecule has 5 heteroatoms. The maximum absolute atomic E-state index is 13.2. The zero-order chi connectivity index (χ0) is 12.8. The smallest absolute Gasteiger partial charge is 0.224 e. The van der Waals surface area contributed by atoms with E-state index in [1.165, 1.54) is 6.07 Å². The van der Waals surface area contributed by atoms with E-state index >= 15 is 0 Å². The van der Waals surface area contributed by atoms with Gasteiger partial charge in [-0.2, -0.15) is 0 Å². The Morgan fingerprint density at radius 2 is 2.00 bits per heavy atom. The first-order valence-corrected chi connectivity index (χ1v) is 5.42. The maximum Gasteiger partial charge on any atom is 0.224 e. The molecule has 1 atom stereocenters.